The Bertz CT molecular complexity index is 575. The summed E-state index contributed by atoms with van der Waals surface area (Å²) in [5, 5.41) is 0. The maximum Gasteiger partial charge on any atom is 0.254 e. The molecule has 2 aromatic rings. The van der Waals surface area contributed by atoms with Gasteiger partial charge < -0.3 is 4.98 Å². The van der Waals surface area contributed by atoms with Crippen LogP contribution in [0.2, 0.25) is 0 Å². The second kappa shape index (κ2) is 4.91. The third kappa shape index (κ3) is 2.25. The molecule has 0 saturated heterocycles. The van der Waals surface area contributed by atoms with Crippen LogP contribution < -0.4 is 5.56 Å². The molecule has 0 bridgehead atoms. The fourth-order valence-corrected chi connectivity index (χ4v) is 1.88. The van der Waals surface area contributed by atoms with Crippen LogP contribution in [0.3, 0.4) is 0 Å². The van der Waals surface area contributed by atoms with Crippen molar-refractivity contribution in [2.75, 3.05) is 0 Å². The van der Waals surface area contributed by atoms with Gasteiger partial charge >= 0.3 is 0 Å². The molecule has 0 atom stereocenters. The quantitative estimate of drug-likeness (QED) is 0.876. The number of aromatic nitrogens is 3. The Kier molecular flexibility index (Phi) is 3.32. The van der Waals surface area contributed by atoms with E-state index in [1.54, 1.807) is 12.4 Å². The molecule has 0 spiro atoms. The SMILES string of the molecule is CCCc1c(-c2ccncc2C)nc[nH]c1=O. The van der Waals surface area contributed by atoms with Gasteiger partial charge in [0.2, 0.25) is 0 Å². The van der Waals surface area contributed by atoms with Crippen LogP contribution in [0.25, 0.3) is 11.3 Å². The molecule has 0 amide bonds. The second-order valence-electron chi connectivity index (χ2n) is 4.00. The normalized spacial score (nSPS) is 10.5. The molecular formula is C13H15N3O. The van der Waals surface area contributed by atoms with Crippen molar-refractivity contribution in [3.8, 4) is 11.3 Å². The molecule has 0 aliphatic rings. The first-order valence-electron chi connectivity index (χ1n) is 5.71. The van der Waals surface area contributed by atoms with Crippen LogP contribution in [0.1, 0.15) is 24.5 Å². The Hall–Kier alpha value is -1.97. The van der Waals surface area contributed by atoms with E-state index in [4.69, 9.17) is 0 Å². The number of aryl methyl sites for hydroxylation is 1. The molecule has 0 saturated carbocycles. The molecule has 88 valence electrons. The van der Waals surface area contributed by atoms with Gasteiger partial charge in [0.15, 0.2) is 0 Å². The van der Waals surface area contributed by atoms with Gasteiger partial charge in [-0.2, -0.15) is 0 Å². The van der Waals surface area contributed by atoms with Crippen molar-refractivity contribution in [3.63, 3.8) is 0 Å². The molecule has 2 aromatic heterocycles. The summed E-state index contributed by atoms with van der Waals surface area (Å²) in [6.45, 7) is 4.02. The van der Waals surface area contributed by atoms with Crippen LogP contribution in [0.4, 0.5) is 0 Å². The maximum atomic E-state index is 11.8. The highest BCUT2D eigenvalue weighted by atomic mass is 16.1. The van der Waals surface area contributed by atoms with Crippen molar-refractivity contribution in [2.24, 2.45) is 0 Å². The largest absolute Gasteiger partial charge is 0.313 e. The van der Waals surface area contributed by atoms with Crippen LogP contribution in [0.5, 0.6) is 0 Å². The molecule has 4 nitrogen and oxygen atoms in total. The number of rotatable bonds is 3. The van der Waals surface area contributed by atoms with Crippen molar-refractivity contribution in [2.45, 2.75) is 26.7 Å². The minimum Gasteiger partial charge on any atom is -0.313 e. The Morgan fingerprint density at radius 2 is 2.24 bits per heavy atom. The number of nitrogens with zero attached hydrogens (tertiary/aromatic N) is 2. The third-order valence-corrected chi connectivity index (χ3v) is 2.72. The number of pyridine rings is 1. The van der Waals surface area contributed by atoms with Gasteiger partial charge in [0, 0.05) is 23.5 Å². The summed E-state index contributed by atoms with van der Waals surface area (Å²) in [4.78, 5) is 22.8. The maximum absolute atomic E-state index is 11.8. The van der Waals surface area contributed by atoms with Crippen LogP contribution >= 0.6 is 0 Å². The summed E-state index contributed by atoms with van der Waals surface area (Å²) in [5.41, 5.74) is 3.49. The van der Waals surface area contributed by atoms with E-state index in [0.29, 0.717) is 0 Å². The van der Waals surface area contributed by atoms with E-state index in [1.807, 2.05) is 13.0 Å². The first-order valence-corrected chi connectivity index (χ1v) is 5.71. The zero-order valence-electron chi connectivity index (χ0n) is 10.0. The lowest BCUT2D eigenvalue weighted by Crippen LogP contribution is -2.15. The fourth-order valence-electron chi connectivity index (χ4n) is 1.88. The predicted octanol–water partition coefficient (Wildman–Crippen LogP) is 2.09. The van der Waals surface area contributed by atoms with E-state index >= 15 is 0 Å². The van der Waals surface area contributed by atoms with Crippen molar-refractivity contribution in [1.29, 1.82) is 0 Å². The van der Waals surface area contributed by atoms with E-state index in [0.717, 1.165) is 35.2 Å². The van der Waals surface area contributed by atoms with Crippen LogP contribution in [-0.2, 0) is 6.42 Å². The van der Waals surface area contributed by atoms with Crippen LogP contribution in [0.15, 0.2) is 29.6 Å². The Balaban J connectivity index is 2.63. The van der Waals surface area contributed by atoms with Crippen LogP contribution in [-0.4, -0.2) is 15.0 Å². The van der Waals surface area contributed by atoms with Crippen molar-refractivity contribution in [1.82, 2.24) is 15.0 Å². The van der Waals surface area contributed by atoms with Gasteiger partial charge in [0.1, 0.15) is 0 Å². The topological polar surface area (TPSA) is 58.6 Å². The molecule has 0 fully saturated rings. The van der Waals surface area contributed by atoms with E-state index in [1.165, 1.54) is 6.33 Å². The lowest BCUT2D eigenvalue weighted by atomic mass is 10.0. The summed E-state index contributed by atoms with van der Waals surface area (Å²) >= 11 is 0. The third-order valence-electron chi connectivity index (χ3n) is 2.72. The lowest BCUT2D eigenvalue weighted by Gasteiger charge is -2.08. The number of H-pyrrole nitrogens is 1. The lowest BCUT2D eigenvalue weighted by molar-refractivity contribution is 0.887. The first-order chi connectivity index (χ1) is 8.24. The molecule has 0 aromatic carbocycles. The second-order valence-corrected chi connectivity index (χ2v) is 4.00. The van der Waals surface area contributed by atoms with Gasteiger partial charge in [-0.05, 0) is 25.0 Å². The zero-order valence-corrected chi connectivity index (χ0v) is 10.0. The molecule has 0 aliphatic heterocycles. The van der Waals surface area contributed by atoms with E-state index in [2.05, 4.69) is 21.9 Å². The fraction of sp³-hybridized carbons (Fsp3) is 0.308. The van der Waals surface area contributed by atoms with E-state index in [9.17, 15) is 4.79 Å². The highest BCUT2D eigenvalue weighted by molar-refractivity contribution is 5.65. The number of nitrogens with one attached hydrogen (secondary N) is 1. The Morgan fingerprint density at radius 1 is 1.41 bits per heavy atom. The van der Waals surface area contributed by atoms with Gasteiger partial charge in [-0.1, -0.05) is 13.3 Å². The van der Waals surface area contributed by atoms with Crippen molar-refractivity contribution >= 4 is 0 Å². The summed E-state index contributed by atoms with van der Waals surface area (Å²) < 4.78 is 0. The average molecular weight is 229 g/mol. The highest BCUT2D eigenvalue weighted by Gasteiger charge is 2.11. The molecule has 2 heterocycles. The molecule has 0 aliphatic carbocycles. The average Bonchev–Trinajstić information content (AvgIpc) is 2.33. The number of aromatic amines is 1. The van der Waals surface area contributed by atoms with Gasteiger partial charge in [-0.15, -0.1) is 0 Å². The summed E-state index contributed by atoms with van der Waals surface area (Å²) in [5.74, 6) is 0. The van der Waals surface area contributed by atoms with Crippen molar-refractivity contribution < 1.29 is 0 Å². The smallest absolute Gasteiger partial charge is 0.254 e. The Morgan fingerprint density at radius 3 is 2.94 bits per heavy atom. The number of hydrogen-bond donors (Lipinski definition) is 1. The van der Waals surface area contributed by atoms with Crippen molar-refractivity contribution in [3.05, 3.63) is 46.3 Å². The number of hydrogen-bond acceptors (Lipinski definition) is 3. The zero-order chi connectivity index (χ0) is 12.3. The van der Waals surface area contributed by atoms with Gasteiger partial charge in [0.05, 0.1) is 12.0 Å². The highest BCUT2D eigenvalue weighted by Crippen LogP contribution is 2.22. The molecule has 0 radical (unpaired) electrons. The monoisotopic (exact) mass is 229 g/mol. The first kappa shape index (κ1) is 11.5. The van der Waals surface area contributed by atoms with Crippen LogP contribution in [0, 0.1) is 6.92 Å². The van der Waals surface area contributed by atoms with E-state index < -0.39 is 0 Å². The minimum absolute atomic E-state index is 0.0481. The summed E-state index contributed by atoms with van der Waals surface area (Å²) in [6.07, 6.45) is 6.62. The van der Waals surface area contributed by atoms with Gasteiger partial charge in [-0.3, -0.25) is 9.78 Å². The molecule has 4 heteroatoms. The summed E-state index contributed by atoms with van der Waals surface area (Å²) in [7, 11) is 0. The molecule has 17 heavy (non-hydrogen) atoms. The molecule has 0 unspecified atom stereocenters. The predicted molar refractivity (Wildman–Crippen MR) is 66.8 cm³/mol. The molecule has 1 N–H and O–H groups in total. The van der Waals surface area contributed by atoms with E-state index in [-0.39, 0.29) is 5.56 Å². The van der Waals surface area contributed by atoms with Gasteiger partial charge in [-0.25, -0.2) is 4.98 Å². The van der Waals surface area contributed by atoms with Gasteiger partial charge in [0.25, 0.3) is 5.56 Å². The Labute approximate surface area is 99.8 Å². The molecule has 2 rings (SSSR count). The summed E-state index contributed by atoms with van der Waals surface area (Å²) in [6, 6.07) is 1.90. The minimum atomic E-state index is -0.0481. The standard InChI is InChI=1S/C13H15N3O/c1-3-4-11-12(15-8-16-13(11)17)10-5-6-14-7-9(10)2/h5-8H,3-4H2,1-2H3,(H,15,16,17). The molecular weight excluding hydrogens is 214 g/mol.